The number of aliphatic hydroxyl groups is 1. The van der Waals surface area contributed by atoms with E-state index in [9.17, 15) is 29.1 Å². The van der Waals surface area contributed by atoms with Crippen molar-refractivity contribution < 1.29 is 67.0 Å². The van der Waals surface area contributed by atoms with E-state index in [4.69, 9.17) is 37.9 Å². The average Bonchev–Trinajstić information content (AvgIpc) is 4.02. The largest absolute Gasteiger partial charge is 0.491 e. The van der Waals surface area contributed by atoms with Crippen molar-refractivity contribution in [1.82, 2.24) is 0 Å². The maximum Gasteiger partial charge on any atom is 0.339 e. The van der Waals surface area contributed by atoms with Crippen molar-refractivity contribution in [3.05, 3.63) is 119 Å². The van der Waals surface area contributed by atoms with Gasteiger partial charge in [-0.2, -0.15) is 0 Å². The second-order valence-corrected chi connectivity index (χ2v) is 12.0. The lowest BCUT2D eigenvalue weighted by Crippen LogP contribution is -2.26. The van der Waals surface area contributed by atoms with Crippen LogP contribution in [0.25, 0.3) is 0 Å². The Bertz CT molecular complexity index is 1780. The predicted octanol–water partition coefficient (Wildman–Crippen LogP) is 4.20. The maximum atomic E-state index is 13.2. The van der Waals surface area contributed by atoms with Crippen LogP contribution in [0.2, 0.25) is 0 Å². The molecule has 3 aromatic carbocycles. The molecule has 1 aliphatic rings. The number of rotatable bonds is 22. The van der Waals surface area contributed by atoms with E-state index >= 15 is 0 Å². The molecule has 0 aromatic heterocycles. The Labute approximate surface area is 312 Å². The van der Waals surface area contributed by atoms with E-state index in [-0.39, 0.29) is 67.8 Å². The lowest BCUT2D eigenvalue weighted by molar-refractivity contribution is -0.140. The molecule has 1 heterocycles. The SMILES string of the molecule is C=CC(=O)OCCCOC(=O)c1ccc(C(=O)OCCOC(=O)C(=C)C)cc1C(=O)OCC(O)COc1ccc(Cc2ccc(OCC3CO3)cc2)cc1. The first kappa shape index (κ1) is 40.8. The van der Waals surface area contributed by atoms with Gasteiger partial charge in [0.1, 0.15) is 56.7 Å². The third-order valence-corrected chi connectivity index (χ3v) is 7.47. The zero-order chi connectivity index (χ0) is 38.9. The fourth-order valence-corrected chi connectivity index (χ4v) is 4.51. The molecular formula is C40H42O14. The van der Waals surface area contributed by atoms with Crippen molar-refractivity contribution in [3.8, 4) is 11.5 Å². The highest BCUT2D eigenvalue weighted by atomic mass is 16.6. The van der Waals surface area contributed by atoms with Crippen LogP contribution in [-0.4, -0.2) is 100 Å². The van der Waals surface area contributed by atoms with E-state index in [0.717, 1.165) is 35.6 Å². The molecule has 54 heavy (non-hydrogen) atoms. The highest BCUT2D eigenvalue weighted by molar-refractivity contribution is 6.05. The Morgan fingerprint density at radius 1 is 0.759 bits per heavy atom. The van der Waals surface area contributed by atoms with Crippen molar-refractivity contribution in [2.45, 2.75) is 32.0 Å². The van der Waals surface area contributed by atoms with E-state index in [2.05, 4.69) is 13.2 Å². The first-order valence-corrected chi connectivity index (χ1v) is 17.0. The number of hydrogen-bond donors (Lipinski definition) is 1. The number of aliphatic hydroxyl groups excluding tert-OH is 1. The summed E-state index contributed by atoms with van der Waals surface area (Å²) in [5, 5.41) is 10.5. The van der Waals surface area contributed by atoms with Crippen LogP contribution < -0.4 is 9.47 Å². The molecule has 0 bridgehead atoms. The Kier molecular flexibility index (Phi) is 15.8. The number of carbonyl (C=O) groups excluding carboxylic acids is 5. The van der Waals surface area contributed by atoms with Gasteiger partial charge in [0, 0.05) is 18.1 Å². The molecule has 1 N–H and O–H groups in total. The minimum absolute atomic E-state index is 0.0363. The van der Waals surface area contributed by atoms with Gasteiger partial charge in [-0.25, -0.2) is 24.0 Å². The van der Waals surface area contributed by atoms with Gasteiger partial charge < -0.3 is 43.0 Å². The summed E-state index contributed by atoms with van der Waals surface area (Å²) in [7, 11) is 0. The quantitative estimate of drug-likeness (QED) is 0.0508. The first-order chi connectivity index (χ1) is 26.0. The average molecular weight is 747 g/mol. The Balaban J connectivity index is 1.29. The first-order valence-electron chi connectivity index (χ1n) is 17.0. The third kappa shape index (κ3) is 13.9. The molecule has 286 valence electrons. The van der Waals surface area contributed by atoms with Crippen LogP contribution in [0, 0.1) is 0 Å². The van der Waals surface area contributed by atoms with Crippen LogP contribution in [0.3, 0.4) is 0 Å². The second kappa shape index (κ2) is 20.9. The molecule has 0 radical (unpaired) electrons. The van der Waals surface area contributed by atoms with Crippen LogP contribution in [0.5, 0.6) is 11.5 Å². The van der Waals surface area contributed by atoms with Crippen LogP contribution in [0.1, 0.15) is 55.5 Å². The number of carbonyl (C=O) groups is 5. The summed E-state index contributed by atoms with van der Waals surface area (Å²) in [6, 6.07) is 18.7. The van der Waals surface area contributed by atoms with Gasteiger partial charge in [0.05, 0.1) is 36.5 Å². The molecule has 0 amide bonds. The number of ether oxygens (including phenoxy) is 8. The summed E-state index contributed by atoms with van der Waals surface area (Å²) in [5.41, 5.74) is 1.64. The van der Waals surface area contributed by atoms with Crippen molar-refractivity contribution >= 4 is 29.8 Å². The molecule has 14 nitrogen and oxygen atoms in total. The van der Waals surface area contributed by atoms with E-state index in [1.165, 1.54) is 19.1 Å². The Morgan fingerprint density at radius 3 is 1.98 bits per heavy atom. The fourth-order valence-electron chi connectivity index (χ4n) is 4.51. The van der Waals surface area contributed by atoms with Crippen LogP contribution in [0.15, 0.2) is 91.5 Å². The van der Waals surface area contributed by atoms with Crippen molar-refractivity contribution in [1.29, 1.82) is 0 Å². The van der Waals surface area contributed by atoms with Crippen molar-refractivity contribution in [3.63, 3.8) is 0 Å². The Hall–Kier alpha value is -5.99. The van der Waals surface area contributed by atoms with Gasteiger partial charge >= 0.3 is 29.8 Å². The highest BCUT2D eigenvalue weighted by Gasteiger charge is 2.24. The van der Waals surface area contributed by atoms with E-state index in [1.54, 1.807) is 12.1 Å². The van der Waals surface area contributed by atoms with Crippen molar-refractivity contribution in [2.24, 2.45) is 0 Å². The van der Waals surface area contributed by atoms with Gasteiger partial charge in [-0.1, -0.05) is 37.4 Å². The molecule has 0 saturated carbocycles. The topological polar surface area (TPSA) is 183 Å². The van der Waals surface area contributed by atoms with E-state index in [0.29, 0.717) is 18.8 Å². The summed E-state index contributed by atoms with van der Waals surface area (Å²) in [5.74, 6) is -2.83. The molecular weight excluding hydrogens is 704 g/mol. The normalized spacial score (nSPS) is 13.4. The van der Waals surface area contributed by atoms with Crippen LogP contribution in [-0.2, 0) is 44.4 Å². The maximum absolute atomic E-state index is 13.2. The van der Waals surface area contributed by atoms with Gasteiger partial charge in [-0.05, 0) is 66.9 Å². The molecule has 14 heteroatoms. The lowest BCUT2D eigenvalue weighted by atomic mass is 10.0. The number of esters is 5. The number of hydrogen-bond acceptors (Lipinski definition) is 14. The zero-order valence-electron chi connectivity index (χ0n) is 29.8. The van der Waals surface area contributed by atoms with Crippen LogP contribution >= 0.6 is 0 Å². The summed E-state index contributed by atoms with van der Waals surface area (Å²) in [6.07, 6.45) is 0.800. The van der Waals surface area contributed by atoms with E-state index < -0.39 is 42.6 Å². The summed E-state index contributed by atoms with van der Waals surface area (Å²) in [6.45, 7) is 8.09. The smallest absolute Gasteiger partial charge is 0.339 e. The Morgan fingerprint density at radius 2 is 1.35 bits per heavy atom. The zero-order valence-corrected chi connectivity index (χ0v) is 29.8. The molecule has 2 atom stereocenters. The predicted molar refractivity (Wildman–Crippen MR) is 191 cm³/mol. The fraction of sp³-hybridized carbons (Fsp3) is 0.325. The molecule has 1 saturated heterocycles. The molecule has 3 aromatic rings. The van der Waals surface area contributed by atoms with Gasteiger partial charge in [-0.3, -0.25) is 0 Å². The summed E-state index contributed by atoms with van der Waals surface area (Å²) < 4.78 is 41.9. The monoisotopic (exact) mass is 746 g/mol. The minimum atomic E-state index is -1.25. The summed E-state index contributed by atoms with van der Waals surface area (Å²) in [4.78, 5) is 61.6. The minimum Gasteiger partial charge on any atom is -0.491 e. The molecule has 1 aliphatic heterocycles. The van der Waals surface area contributed by atoms with Gasteiger partial charge in [-0.15, -0.1) is 0 Å². The summed E-state index contributed by atoms with van der Waals surface area (Å²) >= 11 is 0. The highest BCUT2D eigenvalue weighted by Crippen LogP contribution is 2.20. The van der Waals surface area contributed by atoms with Crippen LogP contribution in [0.4, 0.5) is 0 Å². The number of epoxide rings is 1. The molecule has 4 rings (SSSR count). The van der Waals surface area contributed by atoms with Gasteiger partial charge in [0.2, 0.25) is 0 Å². The third-order valence-electron chi connectivity index (χ3n) is 7.47. The van der Waals surface area contributed by atoms with Gasteiger partial charge in [0.15, 0.2) is 0 Å². The lowest BCUT2D eigenvalue weighted by Gasteiger charge is -2.15. The molecule has 0 aliphatic carbocycles. The molecule has 1 fully saturated rings. The van der Waals surface area contributed by atoms with E-state index in [1.807, 2.05) is 36.4 Å². The van der Waals surface area contributed by atoms with Gasteiger partial charge in [0.25, 0.3) is 0 Å². The molecule has 2 unspecified atom stereocenters. The standard InChI is InChI=1S/C40H42O14/c1-4-36(42)47-16-5-17-48-39(45)34-15-10-29(38(44)50-19-18-49-37(43)26(2)3)21-35(34)40(46)54-23-30(41)22-51-31-11-6-27(7-12-31)20-28-8-13-32(14-9-28)52-24-33-25-53-33/h4,6-15,21,30,33,41H,1-2,5,16-20,22-25H2,3H3. The molecule has 0 spiro atoms. The van der Waals surface area contributed by atoms with Crippen molar-refractivity contribution in [2.75, 3.05) is 52.9 Å². The second-order valence-electron chi connectivity index (χ2n) is 12.0. The number of benzene rings is 3.